The van der Waals surface area contributed by atoms with Crippen LogP contribution >= 0.6 is 0 Å². The number of Topliss-reactive ketones (excluding diaryl/α,β-unsaturated/α-hetero) is 1. The van der Waals surface area contributed by atoms with E-state index in [1.54, 1.807) is 4.68 Å². The maximum absolute atomic E-state index is 11.9. The zero-order valence-electron chi connectivity index (χ0n) is 11.6. The first kappa shape index (κ1) is 13.5. The van der Waals surface area contributed by atoms with Gasteiger partial charge in [-0.25, -0.2) is 0 Å². The van der Waals surface area contributed by atoms with E-state index in [1.165, 1.54) is 11.1 Å². The predicted octanol–water partition coefficient (Wildman–Crippen LogP) is 2.86. The Balaban J connectivity index is 1.75. The second-order valence-corrected chi connectivity index (χ2v) is 5.05. The maximum Gasteiger partial charge on any atom is 0.133 e. The van der Waals surface area contributed by atoms with Gasteiger partial charge in [-0.15, -0.1) is 0 Å². The third-order valence-corrected chi connectivity index (χ3v) is 3.23. The fourth-order valence-corrected chi connectivity index (χ4v) is 2.16. The molecule has 0 unspecified atom stereocenters. The SMILES string of the molecule is Cc1cccc(CCC(=O)CCc2cnn(C)c2)c1. The topological polar surface area (TPSA) is 34.9 Å². The molecule has 0 radical (unpaired) electrons. The van der Waals surface area contributed by atoms with Crippen molar-refractivity contribution in [2.24, 2.45) is 7.05 Å². The first-order chi connectivity index (χ1) is 9.13. The van der Waals surface area contributed by atoms with Crippen LogP contribution in [-0.2, 0) is 24.7 Å². The molecule has 100 valence electrons. The van der Waals surface area contributed by atoms with Crippen LogP contribution in [0.25, 0.3) is 0 Å². The summed E-state index contributed by atoms with van der Waals surface area (Å²) in [6.07, 6.45) is 6.66. The highest BCUT2D eigenvalue weighted by atomic mass is 16.1. The van der Waals surface area contributed by atoms with Gasteiger partial charge in [0.15, 0.2) is 0 Å². The Morgan fingerprint density at radius 3 is 2.58 bits per heavy atom. The highest BCUT2D eigenvalue weighted by Crippen LogP contribution is 2.09. The molecule has 0 N–H and O–H groups in total. The summed E-state index contributed by atoms with van der Waals surface area (Å²) in [5, 5.41) is 4.10. The lowest BCUT2D eigenvalue weighted by atomic mass is 10.0. The number of carbonyl (C=O) groups is 1. The summed E-state index contributed by atoms with van der Waals surface area (Å²) in [6.45, 7) is 2.08. The molecule has 0 atom stereocenters. The number of aromatic nitrogens is 2. The summed E-state index contributed by atoms with van der Waals surface area (Å²) in [6, 6.07) is 8.36. The van der Waals surface area contributed by atoms with Crippen molar-refractivity contribution in [3.05, 3.63) is 53.3 Å². The minimum Gasteiger partial charge on any atom is -0.300 e. The summed E-state index contributed by atoms with van der Waals surface area (Å²) >= 11 is 0. The molecule has 1 heterocycles. The molecule has 1 aromatic heterocycles. The number of hydrogen-bond acceptors (Lipinski definition) is 2. The molecule has 0 aliphatic carbocycles. The molecule has 19 heavy (non-hydrogen) atoms. The van der Waals surface area contributed by atoms with E-state index in [4.69, 9.17) is 0 Å². The molecule has 0 amide bonds. The summed E-state index contributed by atoms with van der Waals surface area (Å²) in [5.74, 6) is 0.324. The molecule has 3 heteroatoms. The molecule has 0 bridgehead atoms. The van der Waals surface area contributed by atoms with Crippen molar-refractivity contribution in [3.63, 3.8) is 0 Å². The van der Waals surface area contributed by atoms with E-state index in [0.29, 0.717) is 18.6 Å². The lowest BCUT2D eigenvalue weighted by Crippen LogP contribution is -2.02. The summed E-state index contributed by atoms with van der Waals surface area (Å²) in [7, 11) is 1.89. The number of hydrogen-bond donors (Lipinski definition) is 0. The van der Waals surface area contributed by atoms with Crippen LogP contribution in [0.3, 0.4) is 0 Å². The monoisotopic (exact) mass is 256 g/mol. The Kier molecular flexibility index (Phi) is 4.50. The molecular formula is C16H20N2O. The van der Waals surface area contributed by atoms with E-state index in [-0.39, 0.29) is 0 Å². The van der Waals surface area contributed by atoms with Gasteiger partial charge in [-0.2, -0.15) is 5.10 Å². The van der Waals surface area contributed by atoms with Crippen LogP contribution in [0.2, 0.25) is 0 Å². The van der Waals surface area contributed by atoms with E-state index in [1.807, 2.05) is 25.5 Å². The van der Waals surface area contributed by atoms with Gasteiger partial charge in [-0.05, 0) is 30.9 Å². The Bertz CT molecular complexity index is 557. The quantitative estimate of drug-likeness (QED) is 0.796. The minimum absolute atomic E-state index is 0.324. The number of nitrogens with zero attached hydrogens (tertiary/aromatic N) is 2. The fourth-order valence-electron chi connectivity index (χ4n) is 2.16. The highest BCUT2D eigenvalue weighted by Gasteiger charge is 2.05. The molecule has 0 saturated heterocycles. The van der Waals surface area contributed by atoms with Crippen LogP contribution in [0.1, 0.15) is 29.5 Å². The number of carbonyl (C=O) groups excluding carboxylic acids is 1. The normalized spacial score (nSPS) is 10.6. The Labute approximate surface area is 114 Å². The molecule has 0 fully saturated rings. The van der Waals surface area contributed by atoms with Crippen LogP contribution in [0.5, 0.6) is 0 Å². The zero-order chi connectivity index (χ0) is 13.7. The highest BCUT2D eigenvalue weighted by molar-refractivity contribution is 5.78. The standard InChI is InChI=1S/C16H20N2O/c1-13-4-3-5-14(10-13)6-8-16(19)9-7-15-11-17-18(2)12-15/h3-5,10-12H,6-9H2,1-2H3. The van der Waals surface area contributed by atoms with E-state index in [2.05, 4.69) is 30.2 Å². The first-order valence-corrected chi connectivity index (χ1v) is 6.68. The molecule has 2 aromatic rings. The van der Waals surface area contributed by atoms with E-state index in [9.17, 15) is 4.79 Å². The Morgan fingerprint density at radius 2 is 1.95 bits per heavy atom. The van der Waals surface area contributed by atoms with Gasteiger partial charge in [0.05, 0.1) is 6.20 Å². The first-order valence-electron chi connectivity index (χ1n) is 6.68. The Hall–Kier alpha value is -1.90. The smallest absolute Gasteiger partial charge is 0.133 e. The van der Waals surface area contributed by atoms with Crippen LogP contribution < -0.4 is 0 Å². The summed E-state index contributed by atoms with van der Waals surface area (Å²) in [4.78, 5) is 11.9. The van der Waals surface area contributed by atoms with Gasteiger partial charge in [0.1, 0.15) is 5.78 Å². The maximum atomic E-state index is 11.9. The molecule has 0 aliphatic heterocycles. The largest absolute Gasteiger partial charge is 0.300 e. The van der Waals surface area contributed by atoms with Crippen molar-refractivity contribution in [1.82, 2.24) is 9.78 Å². The van der Waals surface area contributed by atoms with Gasteiger partial charge in [0.2, 0.25) is 0 Å². The lowest BCUT2D eigenvalue weighted by molar-refractivity contribution is -0.119. The number of benzene rings is 1. The molecule has 3 nitrogen and oxygen atoms in total. The fraction of sp³-hybridized carbons (Fsp3) is 0.375. The molecular weight excluding hydrogens is 236 g/mol. The van der Waals surface area contributed by atoms with Crippen LogP contribution in [-0.4, -0.2) is 15.6 Å². The van der Waals surface area contributed by atoms with Gasteiger partial charge >= 0.3 is 0 Å². The number of ketones is 1. The van der Waals surface area contributed by atoms with Crippen molar-refractivity contribution < 1.29 is 4.79 Å². The second kappa shape index (κ2) is 6.32. The van der Waals surface area contributed by atoms with Crippen molar-refractivity contribution in [2.75, 3.05) is 0 Å². The van der Waals surface area contributed by atoms with Gasteiger partial charge in [0, 0.05) is 26.1 Å². The lowest BCUT2D eigenvalue weighted by Gasteiger charge is -2.02. The van der Waals surface area contributed by atoms with Gasteiger partial charge in [-0.1, -0.05) is 29.8 Å². The zero-order valence-corrected chi connectivity index (χ0v) is 11.6. The Morgan fingerprint density at radius 1 is 1.21 bits per heavy atom. The third kappa shape index (κ3) is 4.36. The number of rotatable bonds is 6. The second-order valence-electron chi connectivity index (χ2n) is 5.05. The van der Waals surface area contributed by atoms with E-state index in [0.717, 1.165) is 18.4 Å². The van der Waals surface area contributed by atoms with Crippen molar-refractivity contribution in [1.29, 1.82) is 0 Å². The average Bonchev–Trinajstić information content (AvgIpc) is 2.80. The number of aryl methyl sites for hydroxylation is 4. The third-order valence-electron chi connectivity index (χ3n) is 3.23. The van der Waals surface area contributed by atoms with Crippen molar-refractivity contribution >= 4 is 5.78 Å². The van der Waals surface area contributed by atoms with E-state index >= 15 is 0 Å². The molecule has 0 spiro atoms. The van der Waals surface area contributed by atoms with Crippen molar-refractivity contribution in [2.45, 2.75) is 32.6 Å². The molecule has 1 aromatic carbocycles. The predicted molar refractivity (Wildman–Crippen MR) is 76.0 cm³/mol. The average molecular weight is 256 g/mol. The van der Waals surface area contributed by atoms with Gasteiger partial charge < -0.3 is 0 Å². The van der Waals surface area contributed by atoms with E-state index < -0.39 is 0 Å². The molecule has 2 rings (SSSR count). The summed E-state index contributed by atoms with van der Waals surface area (Å²) < 4.78 is 1.77. The molecule has 0 aliphatic rings. The van der Waals surface area contributed by atoms with Gasteiger partial charge in [0.25, 0.3) is 0 Å². The van der Waals surface area contributed by atoms with Crippen molar-refractivity contribution in [3.8, 4) is 0 Å². The van der Waals surface area contributed by atoms with Crippen LogP contribution in [0.4, 0.5) is 0 Å². The van der Waals surface area contributed by atoms with Crippen LogP contribution in [0.15, 0.2) is 36.7 Å². The summed E-state index contributed by atoms with van der Waals surface area (Å²) in [5.41, 5.74) is 3.63. The minimum atomic E-state index is 0.324. The van der Waals surface area contributed by atoms with Gasteiger partial charge in [-0.3, -0.25) is 9.48 Å². The van der Waals surface area contributed by atoms with Crippen LogP contribution in [0, 0.1) is 6.92 Å². The molecule has 0 saturated carbocycles.